The van der Waals surface area contributed by atoms with Crippen LogP contribution in [-0.4, -0.2) is 28.2 Å². The molecule has 23 heavy (non-hydrogen) atoms. The molecular weight excluding hydrogens is 292 g/mol. The predicted molar refractivity (Wildman–Crippen MR) is 87.1 cm³/mol. The van der Waals surface area contributed by atoms with Crippen LogP contribution in [0.4, 0.5) is 0 Å². The third-order valence-electron chi connectivity index (χ3n) is 4.49. The summed E-state index contributed by atoms with van der Waals surface area (Å²) in [4.78, 5) is 19.1. The number of aromatic amines is 1. The number of aromatic nitrogens is 2. The first kappa shape index (κ1) is 13.8. The van der Waals surface area contributed by atoms with Crippen molar-refractivity contribution in [1.29, 1.82) is 0 Å². The van der Waals surface area contributed by atoms with Gasteiger partial charge in [0.05, 0.1) is 7.11 Å². The monoisotopic (exact) mass is 308 g/mol. The first-order valence-corrected chi connectivity index (χ1v) is 7.60. The lowest BCUT2D eigenvalue weighted by Gasteiger charge is -2.09. The molecule has 0 atom stereocenters. The van der Waals surface area contributed by atoms with Gasteiger partial charge in [-0.15, -0.1) is 0 Å². The number of carbonyl (C=O) groups is 1. The van der Waals surface area contributed by atoms with Crippen molar-refractivity contribution in [1.82, 2.24) is 9.97 Å². The smallest absolute Gasteiger partial charge is 0.352 e. The molecule has 1 aliphatic rings. The maximum Gasteiger partial charge on any atom is 0.352 e. The number of nitrogens with zero attached hydrogens (tertiary/aromatic N) is 1. The Morgan fingerprint density at radius 1 is 1.30 bits per heavy atom. The van der Waals surface area contributed by atoms with Gasteiger partial charge in [0, 0.05) is 28.2 Å². The van der Waals surface area contributed by atoms with Gasteiger partial charge in [0.15, 0.2) is 0 Å². The van der Waals surface area contributed by atoms with E-state index < -0.39 is 5.97 Å². The average Bonchev–Trinajstić information content (AvgIpc) is 3.18. The van der Waals surface area contributed by atoms with Gasteiger partial charge in [0.25, 0.3) is 0 Å². The Kier molecular flexibility index (Phi) is 3.08. The molecule has 0 aliphatic heterocycles. The summed E-state index contributed by atoms with van der Waals surface area (Å²) < 4.78 is 5.35. The molecule has 1 aromatic carbocycles. The van der Waals surface area contributed by atoms with Gasteiger partial charge in [-0.1, -0.05) is 6.07 Å². The predicted octanol–water partition coefficient (Wildman–Crippen LogP) is 3.43. The molecule has 2 heterocycles. The number of hydrogen-bond donors (Lipinski definition) is 2. The van der Waals surface area contributed by atoms with Crippen LogP contribution in [0.2, 0.25) is 0 Å². The van der Waals surface area contributed by atoms with E-state index in [9.17, 15) is 9.90 Å². The topological polar surface area (TPSA) is 75.2 Å². The number of H-pyrrole nitrogens is 1. The number of carboxylic acids is 1. The molecule has 3 aromatic rings. The summed E-state index contributed by atoms with van der Waals surface area (Å²) in [6, 6.07) is 7.72. The lowest BCUT2D eigenvalue weighted by atomic mass is 9.97. The van der Waals surface area contributed by atoms with Gasteiger partial charge >= 0.3 is 5.97 Å². The van der Waals surface area contributed by atoms with E-state index in [1.54, 1.807) is 19.4 Å². The fourth-order valence-corrected chi connectivity index (χ4v) is 3.55. The van der Waals surface area contributed by atoms with Crippen LogP contribution in [0, 0.1) is 0 Å². The van der Waals surface area contributed by atoms with Crippen molar-refractivity contribution >= 4 is 16.9 Å². The zero-order valence-electron chi connectivity index (χ0n) is 12.7. The van der Waals surface area contributed by atoms with Crippen LogP contribution in [0.3, 0.4) is 0 Å². The van der Waals surface area contributed by atoms with Crippen LogP contribution in [0.5, 0.6) is 5.88 Å². The number of benzene rings is 1. The summed E-state index contributed by atoms with van der Waals surface area (Å²) in [5, 5.41) is 10.6. The molecule has 0 bridgehead atoms. The van der Waals surface area contributed by atoms with E-state index in [1.165, 1.54) is 11.1 Å². The van der Waals surface area contributed by atoms with Gasteiger partial charge in [-0.3, -0.25) is 0 Å². The molecule has 2 aromatic heterocycles. The second kappa shape index (κ2) is 5.12. The van der Waals surface area contributed by atoms with Crippen LogP contribution in [-0.2, 0) is 12.8 Å². The van der Waals surface area contributed by atoms with E-state index in [-0.39, 0.29) is 5.69 Å². The zero-order valence-corrected chi connectivity index (χ0v) is 12.7. The second-order valence-electron chi connectivity index (χ2n) is 5.72. The van der Waals surface area contributed by atoms with Crippen molar-refractivity contribution in [2.24, 2.45) is 0 Å². The molecule has 0 fully saturated rings. The van der Waals surface area contributed by atoms with E-state index in [0.717, 1.165) is 30.2 Å². The molecule has 2 N–H and O–H groups in total. The fraction of sp³-hybridized carbons (Fsp3) is 0.222. The molecule has 0 saturated heterocycles. The Hall–Kier alpha value is -2.82. The van der Waals surface area contributed by atoms with Gasteiger partial charge < -0.3 is 14.8 Å². The summed E-state index contributed by atoms with van der Waals surface area (Å²) in [5.41, 5.74) is 4.97. The maximum absolute atomic E-state index is 11.8. The van der Waals surface area contributed by atoms with Crippen LogP contribution >= 0.6 is 0 Å². The Labute approximate surface area is 132 Å². The largest absolute Gasteiger partial charge is 0.481 e. The maximum atomic E-state index is 11.8. The highest BCUT2D eigenvalue weighted by molar-refractivity contribution is 6.09. The van der Waals surface area contributed by atoms with E-state index in [0.29, 0.717) is 17.0 Å². The first-order chi connectivity index (χ1) is 11.2. The minimum Gasteiger partial charge on any atom is -0.481 e. The van der Waals surface area contributed by atoms with Gasteiger partial charge in [-0.2, -0.15) is 0 Å². The molecule has 0 spiro atoms. The van der Waals surface area contributed by atoms with Crippen molar-refractivity contribution in [3.8, 4) is 17.0 Å². The number of nitrogens with one attached hydrogen (secondary N) is 1. The van der Waals surface area contributed by atoms with Crippen LogP contribution < -0.4 is 4.74 Å². The molecule has 116 valence electrons. The number of fused-ring (bicyclic) bond motifs is 3. The summed E-state index contributed by atoms with van der Waals surface area (Å²) in [6.45, 7) is 0. The molecule has 0 unspecified atom stereocenters. The molecule has 0 amide bonds. The molecule has 0 saturated carbocycles. The van der Waals surface area contributed by atoms with E-state index in [1.807, 2.05) is 12.1 Å². The minimum absolute atomic E-state index is 0.187. The third kappa shape index (κ3) is 2.00. The van der Waals surface area contributed by atoms with Gasteiger partial charge in [0.1, 0.15) is 5.69 Å². The van der Waals surface area contributed by atoms with Gasteiger partial charge in [-0.25, -0.2) is 9.78 Å². The van der Waals surface area contributed by atoms with Crippen LogP contribution in [0.1, 0.15) is 28.0 Å². The molecule has 4 rings (SSSR count). The minimum atomic E-state index is -0.978. The molecule has 0 radical (unpaired) electrons. The number of aromatic carboxylic acids is 1. The van der Waals surface area contributed by atoms with Crippen molar-refractivity contribution in [2.75, 3.05) is 7.11 Å². The number of carboxylic acid groups (broad SMARTS) is 1. The quantitative estimate of drug-likeness (QED) is 0.777. The highest BCUT2D eigenvalue weighted by atomic mass is 16.5. The van der Waals surface area contributed by atoms with E-state index >= 15 is 0 Å². The zero-order chi connectivity index (χ0) is 16.0. The van der Waals surface area contributed by atoms with E-state index in [4.69, 9.17) is 4.74 Å². The van der Waals surface area contributed by atoms with Crippen molar-refractivity contribution < 1.29 is 14.6 Å². The number of rotatable bonds is 3. The number of hydrogen-bond acceptors (Lipinski definition) is 3. The van der Waals surface area contributed by atoms with Crippen molar-refractivity contribution in [3.63, 3.8) is 0 Å². The Morgan fingerprint density at radius 2 is 2.17 bits per heavy atom. The Balaban J connectivity index is 2.13. The Morgan fingerprint density at radius 3 is 2.96 bits per heavy atom. The molecule has 5 heteroatoms. The normalized spacial score (nSPS) is 13.3. The number of methoxy groups -OCH3 is 1. The number of pyridine rings is 1. The fourth-order valence-electron chi connectivity index (χ4n) is 3.55. The summed E-state index contributed by atoms with van der Waals surface area (Å²) in [7, 11) is 1.55. The SMILES string of the molecule is COc1ncccc1-c1c(C(=O)O)[nH]c2ccc3c(c12)CCC3. The van der Waals surface area contributed by atoms with Crippen LogP contribution in [0.15, 0.2) is 30.5 Å². The third-order valence-corrected chi connectivity index (χ3v) is 4.49. The molecule has 1 aliphatic carbocycles. The van der Waals surface area contributed by atoms with Crippen molar-refractivity contribution in [3.05, 3.63) is 47.3 Å². The highest BCUT2D eigenvalue weighted by Crippen LogP contribution is 2.41. The van der Waals surface area contributed by atoms with Gasteiger partial charge in [0.2, 0.25) is 5.88 Å². The highest BCUT2D eigenvalue weighted by Gasteiger charge is 2.25. The lowest BCUT2D eigenvalue weighted by molar-refractivity contribution is 0.0692. The number of aryl methyl sites for hydroxylation is 2. The summed E-state index contributed by atoms with van der Waals surface area (Å²) in [6.07, 6.45) is 4.76. The average molecular weight is 308 g/mol. The summed E-state index contributed by atoms with van der Waals surface area (Å²) in [5.74, 6) is -0.541. The van der Waals surface area contributed by atoms with Gasteiger partial charge in [-0.05, 0) is 48.6 Å². The van der Waals surface area contributed by atoms with Crippen molar-refractivity contribution in [2.45, 2.75) is 19.3 Å². The van der Waals surface area contributed by atoms with Crippen LogP contribution in [0.25, 0.3) is 22.0 Å². The Bertz CT molecular complexity index is 927. The first-order valence-electron chi connectivity index (χ1n) is 7.60. The second-order valence-corrected chi connectivity index (χ2v) is 5.72. The summed E-state index contributed by atoms with van der Waals surface area (Å²) >= 11 is 0. The van der Waals surface area contributed by atoms with E-state index in [2.05, 4.69) is 16.0 Å². The lowest BCUT2D eigenvalue weighted by Crippen LogP contribution is -2.00. The molecular formula is C18H16N2O3. The number of ether oxygens (including phenoxy) is 1. The standard InChI is InChI=1S/C18H16N2O3/c1-23-17-12(6-3-9-19-17)15-14-11-5-2-4-10(11)7-8-13(14)20-16(15)18(21)22/h3,6-9,20H,2,4-5H2,1H3,(H,21,22). The molecule has 5 nitrogen and oxygen atoms in total.